The number of amides is 2. The first-order valence-electron chi connectivity index (χ1n) is 15.7. The summed E-state index contributed by atoms with van der Waals surface area (Å²) in [6, 6.07) is 31.3. The van der Waals surface area contributed by atoms with Crippen molar-refractivity contribution in [3.8, 4) is 0 Å². The van der Waals surface area contributed by atoms with Gasteiger partial charge in [0, 0.05) is 24.0 Å². The Balaban J connectivity index is 1.57. The fourth-order valence-corrected chi connectivity index (χ4v) is 7.64. The lowest BCUT2D eigenvalue weighted by molar-refractivity contribution is -0.140. The van der Waals surface area contributed by atoms with Gasteiger partial charge in [0.15, 0.2) is 0 Å². The van der Waals surface area contributed by atoms with Crippen molar-refractivity contribution in [1.82, 2.24) is 10.2 Å². The molecule has 2 amide bonds. The van der Waals surface area contributed by atoms with Crippen LogP contribution in [0.5, 0.6) is 0 Å². The molecule has 1 aliphatic carbocycles. The molecule has 0 bridgehead atoms. The van der Waals surface area contributed by atoms with E-state index >= 15 is 0 Å². The monoisotopic (exact) mass is 657 g/mol. The summed E-state index contributed by atoms with van der Waals surface area (Å²) in [6.07, 6.45) is 5.31. The second-order valence-electron chi connectivity index (χ2n) is 11.8. The lowest BCUT2D eigenvalue weighted by Crippen LogP contribution is -2.55. The molecule has 7 nitrogen and oxygen atoms in total. The maximum Gasteiger partial charge on any atom is 0.264 e. The van der Waals surface area contributed by atoms with Crippen molar-refractivity contribution >= 4 is 39.1 Å². The summed E-state index contributed by atoms with van der Waals surface area (Å²) in [4.78, 5) is 30.4. The molecular weight excluding hydrogens is 618 g/mol. The van der Waals surface area contributed by atoms with Gasteiger partial charge in [0.1, 0.15) is 12.6 Å². The number of benzene rings is 4. The van der Waals surface area contributed by atoms with E-state index in [0.29, 0.717) is 16.3 Å². The van der Waals surface area contributed by atoms with Gasteiger partial charge in [-0.3, -0.25) is 13.9 Å². The summed E-state index contributed by atoms with van der Waals surface area (Å²) in [5, 5.41) is 3.62. The van der Waals surface area contributed by atoms with Crippen LogP contribution in [-0.4, -0.2) is 43.8 Å². The van der Waals surface area contributed by atoms with Crippen LogP contribution in [0.2, 0.25) is 5.02 Å². The van der Waals surface area contributed by atoms with E-state index in [1.807, 2.05) is 60.7 Å². The average molecular weight is 658 g/mol. The van der Waals surface area contributed by atoms with Gasteiger partial charge in [0.05, 0.1) is 10.6 Å². The Bertz CT molecular complexity index is 1710. The van der Waals surface area contributed by atoms with Gasteiger partial charge in [-0.15, -0.1) is 0 Å². The molecule has 4 aromatic carbocycles. The molecule has 9 heteroatoms. The Morgan fingerprint density at radius 1 is 0.804 bits per heavy atom. The van der Waals surface area contributed by atoms with Crippen LogP contribution in [0.25, 0.3) is 0 Å². The highest BCUT2D eigenvalue weighted by Gasteiger charge is 2.36. The second-order valence-corrected chi connectivity index (χ2v) is 14.0. The molecule has 1 atom stereocenters. The summed E-state index contributed by atoms with van der Waals surface area (Å²) in [5.74, 6) is -0.737. The van der Waals surface area contributed by atoms with Crippen LogP contribution in [-0.2, 0) is 32.6 Å². The molecule has 0 saturated heterocycles. The number of sulfonamides is 1. The van der Waals surface area contributed by atoms with E-state index in [-0.39, 0.29) is 29.8 Å². The van der Waals surface area contributed by atoms with E-state index in [9.17, 15) is 18.0 Å². The standard InChI is InChI=1S/C37H40ClN3O4S/c1-28-33(38)23-14-24-34(28)41(46(44,45)32-21-12-5-13-22-32)27-36(42)40(26-30-17-8-3-9-18-30)35(25-29-15-6-2-7-16-29)37(43)39-31-19-10-4-11-20-31/h2-3,5-9,12-18,21-24,31,35H,4,10-11,19-20,25-27H2,1H3,(H,39,43)/t35-/m1/s1. The third-order valence-corrected chi connectivity index (χ3v) is 10.7. The van der Waals surface area contributed by atoms with Gasteiger partial charge in [-0.25, -0.2) is 8.42 Å². The van der Waals surface area contributed by atoms with Gasteiger partial charge in [-0.2, -0.15) is 0 Å². The van der Waals surface area contributed by atoms with Gasteiger partial charge >= 0.3 is 0 Å². The van der Waals surface area contributed by atoms with Gasteiger partial charge in [-0.05, 0) is 60.7 Å². The molecular formula is C37H40ClN3O4S. The van der Waals surface area contributed by atoms with E-state index in [2.05, 4.69) is 5.32 Å². The first-order chi connectivity index (χ1) is 22.2. The lowest BCUT2D eigenvalue weighted by Gasteiger charge is -2.35. The first kappa shape index (κ1) is 33.2. The number of carbonyl (C=O) groups excluding carboxylic acids is 2. The highest BCUT2D eigenvalue weighted by molar-refractivity contribution is 7.92. The van der Waals surface area contributed by atoms with E-state index < -0.39 is 28.5 Å². The molecule has 0 aromatic heterocycles. The maximum atomic E-state index is 14.6. The van der Waals surface area contributed by atoms with E-state index in [1.54, 1.807) is 43.3 Å². The van der Waals surface area contributed by atoms with E-state index in [4.69, 9.17) is 11.6 Å². The largest absolute Gasteiger partial charge is 0.352 e. The van der Waals surface area contributed by atoms with Crippen LogP contribution in [0, 0.1) is 6.92 Å². The third kappa shape index (κ3) is 8.17. The normalized spacial score (nSPS) is 14.3. The molecule has 1 N–H and O–H groups in total. The Morgan fingerprint density at radius 3 is 2.02 bits per heavy atom. The minimum absolute atomic E-state index is 0.0391. The zero-order chi connectivity index (χ0) is 32.5. The molecule has 46 heavy (non-hydrogen) atoms. The summed E-state index contributed by atoms with van der Waals surface area (Å²) < 4.78 is 29.5. The Morgan fingerprint density at radius 2 is 1.39 bits per heavy atom. The van der Waals surface area contributed by atoms with E-state index in [0.717, 1.165) is 47.5 Å². The van der Waals surface area contributed by atoms with Crippen molar-refractivity contribution in [2.75, 3.05) is 10.8 Å². The number of halogens is 1. The number of hydrogen-bond acceptors (Lipinski definition) is 4. The summed E-state index contributed by atoms with van der Waals surface area (Å²) in [5.41, 5.74) is 2.56. The molecule has 0 unspecified atom stereocenters. The molecule has 1 aliphatic rings. The molecule has 4 aromatic rings. The zero-order valence-corrected chi connectivity index (χ0v) is 27.6. The quantitative estimate of drug-likeness (QED) is 0.179. The second kappa shape index (κ2) is 15.4. The SMILES string of the molecule is Cc1c(Cl)cccc1N(CC(=O)N(Cc1ccccc1)[C@H](Cc1ccccc1)C(=O)NC1CCCCC1)S(=O)(=O)c1ccccc1. The van der Waals surface area contributed by atoms with Crippen molar-refractivity contribution < 1.29 is 18.0 Å². The number of hydrogen-bond donors (Lipinski definition) is 1. The first-order valence-corrected chi connectivity index (χ1v) is 17.6. The van der Waals surface area contributed by atoms with Gasteiger partial charge in [-0.1, -0.05) is 116 Å². The third-order valence-electron chi connectivity index (χ3n) is 8.54. The van der Waals surface area contributed by atoms with Crippen molar-refractivity contribution in [3.05, 3.63) is 131 Å². The van der Waals surface area contributed by atoms with Gasteiger partial charge in [0.25, 0.3) is 10.0 Å². The Kier molecular flexibility index (Phi) is 11.1. The van der Waals surface area contributed by atoms with Gasteiger partial charge in [0.2, 0.25) is 11.8 Å². The molecule has 1 fully saturated rings. The number of carbonyl (C=O) groups is 2. The smallest absolute Gasteiger partial charge is 0.264 e. The zero-order valence-electron chi connectivity index (χ0n) is 26.0. The minimum Gasteiger partial charge on any atom is -0.352 e. The molecule has 0 heterocycles. The highest BCUT2D eigenvalue weighted by Crippen LogP contribution is 2.31. The highest BCUT2D eigenvalue weighted by atomic mass is 35.5. The van der Waals surface area contributed by atoms with Crippen LogP contribution in [0.15, 0.2) is 114 Å². The van der Waals surface area contributed by atoms with Gasteiger partial charge < -0.3 is 10.2 Å². The molecule has 240 valence electrons. The molecule has 5 rings (SSSR count). The fourth-order valence-electron chi connectivity index (χ4n) is 5.98. The van der Waals surface area contributed by atoms with Crippen LogP contribution in [0.1, 0.15) is 48.8 Å². The predicted molar refractivity (Wildman–Crippen MR) is 183 cm³/mol. The van der Waals surface area contributed by atoms with Crippen molar-refractivity contribution in [2.45, 2.75) is 69.0 Å². The number of rotatable bonds is 12. The molecule has 0 spiro atoms. The molecule has 0 radical (unpaired) electrons. The topological polar surface area (TPSA) is 86.8 Å². The fraction of sp³-hybridized carbons (Fsp3) is 0.297. The van der Waals surface area contributed by atoms with Crippen molar-refractivity contribution in [2.24, 2.45) is 0 Å². The van der Waals surface area contributed by atoms with Crippen molar-refractivity contribution in [3.63, 3.8) is 0 Å². The predicted octanol–water partition coefficient (Wildman–Crippen LogP) is 6.93. The van der Waals surface area contributed by atoms with Crippen LogP contribution in [0.3, 0.4) is 0 Å². The van der Waals surface area contributed by atoms with Crippen molar-refractivity contribution in [1.29, 1.82) is 0 Å². The van der Waals surface area contributed by atoms with Crippen LogP contribution >= 0.6 is 11.6 Å². The van der Waals surface area contributed by atoms with Crippen LogP contribution in [0.4, 0.5) is 5.69 Å². The maximum absolute atomic E-state index is 14.6. The summed E-state index contributed by atoms with van der Waals surface area (Å²) in [7, 11) is -4.20. The molecule has 0 aliphatic heterocycles. The van der Waals surface area contributed by atoms with Crippen LogP contribution < -0.4 is 9.62 Å². The molecule has 1 saturated carbocycles. The average Bonchev–Trinajstić information content (AvgIpc) is 3.08. The lowest BCUT2D eigenvalue weighted by atomic mass is 9.94. The van der Waals surface area contributed by atoms with E-state index in [1.165, 1.54) is 17.0 Å². The number of anilines is 1. The Labute approximate surface area is 277 Å². The Hall–Kier alpha value is -4.14. The number of nitrogens with zero attached hydrogens (tertiary/aromatic N) is 2. The summed E-state index contributed by atoms with van der Waals surface area (Å²) in [6.45, 7) is 1.34. The summed E-state index contributed by atoms with van der Waals surface area (Å²) >= 11 is 6.47. The number of nitrogens with one attached hydrogen (secondary N) is 1. The minimum atomic E-state index is -4.20.